The van der Waals surface area contributed by atoms with Gasteiger partial charge < -0.3 is 0 Å². The maximum Gasteiger partial charge on any atom is 0.163 e. The quantitative estimate of drug-likeness (QED) is 0.635. The monoisotopic (exact) mass is 289 g/mol. The van der Waals surface area contributed by atoms with Crippen molar-refractivity contribution in [2.75, 3.05) is 0 Å². The lowest BCUT2D eigenvalue weighted by atomic mass is 10.0. The van der Waals surface area contributed by atoms with E-state index in [1.54, 1.807) is 18.3 Å². The minimum atomic E-state index is 0.150. The van der Waals surface area contributed by atoms with Crippen LogP contribution < -0.4 is 0 Å². The predicted molar refractivity (Wildman–Crippen MR) is 71.0 cm³/mol. The van der Waals surface area contributed by atoms with Gasteiger partial charge in [-0.25, -0.2) is 4.98 Å². The molecule has 0 bridgehead atoms. The minimum absolute atomic E-state index is 0.150. The second-order valence-electron chi connectivity index (χ2n) is 3.78. The van der Waals surface area contributed by atoms with Crippen LogP contribution in [0, 0.1) is 0 Å². The molecular weight excluding hydrogens is 278 g/mol. The number of benzene rings is 1. The molecule has 2 nitrogen and oxygen atoms in total. The van der Waals surface area contributed by atoms with Crippen LogP contribution in [0.2, 0.25) is 0 Å². The molecule has 0 aliphatic heterocycles. The van der Waals surface area contributed by atoms with Gasteiger partial charge in [-0.15, -0.1) is 0 Å². The summed E-state index contributed by atoms with van der Waals surface area (Å²) in [5.41, 5.74) is 1.90. The molecule has 2 rings (SSSR count). The zero-order chi connectivity index (χ0) is 12.1. The van der Waals surface area contributed by atoms with Gasteiger partial charge in [-0.3, -0.25) is 4.79 Å². The van der Waals surface area contributed by atoms with Crippen LogP contribution in [0.25, 0.3) is 0 Å². The Hall–Kier alpha value is -1.48. The summed E-state index contributed by atoms with van der Waals surface area (Å²) >= 11 is 3.26. The molecular formula is C14H12BrNO. The molecule has 0 aliphatic rings. The molecule has 0 fully saturated rings. The van der Waals surface area contributed by atoms with E-state index < -0.39 is 0 Å². The number of pyridine rings is 1. The average Bonchev–Trinajstić information content (AvgIpc) is 2.37. The van der Waals surface area contributed by atoms with Gasteiger partial charge in [0.15, 0.2) is 5.78 Å². The number of hydrogen-bond acceptors (Lipinski definition) is 2. The molecule has 1 aromatic heterocycles. The maximum atomic E-state index is 11.9. The number of carbonyl (C=O) groups excluding carboxylic acids is 1. The van der Waals surface area contributed by atoms with Gasteiger partial charge in [-0.1, -0.05) is 30.3 Å². The molecule has 1 aromatic carbocycles. The van der Waals surface area contributed by atoms with E-state index in [1.807, 2.05) is 30.3 Å². The summed E-state index contributed by atoms with van der Waals surface area (Å²) in [6.45, 7) is 0. The fraction of sp³-hybridized carbons (Fsp3) is 0.143. The standard InChI is InChI=1S/C14H12BrNO/c15-14-10-12(8-9-16-14)13(17)7-6-11-4-2-1-3-5-11/h1-5,8-10H,6-7H2. The van der Waals surface area contributed by atoms with Gasteiger partial charge in [0.05, 0.1) is 0 Å². The van der Waals surface area contributed by atoms with Crippen molar-refractivity contribution in [3.05, 3.63) is 64.4 Å². The third-order valence-corrected chi connectivity index (χ3v) is 2.97. The number of ketones is 1. The third kappa shape index (κ3) is 3.49. The number of aromatic nitrogens is 1. The first-order chi connectivity index (χ1) is 8.25. The second-order valence-corrected chi connectivity index (χ2v) is 4.59. The summed E-state index contributed by atoms with van der Waals surface area (Å²) < 4.78 is 0.697. The van der Waals surface area contributed by atoms with E-state index in [1.165, 1.54) is 5.56 Å². The van der Waals surface area contributed by atoms with E-state index in [9.17, 15) is 4.79 Å². The molecule has 0 atom stereocenters. The Morgan fingerprint density at radius 1 is 1.18 bits per heavy atom. The Kier molecular flexibility index (Phi) is 4.04. The molecule has 86 valence electrons. The Labute approximate surface area is 109 Å². The first-order valence-electron chi connectivity index (χ1n) is 5.44. The van der Waals surface area contributed by atoms with Crippen molar-refractivity contribution in [2.45, 2.75) is 12.8 Å². The number of nitrogens with zero attached hydrogens (tertiary/aromatic N) is 1. The van der Waals surface area contributed by atoms with Crippen molar-refractivity contribution in [2.24, 2.45) is 0 Å². The smallest absolute Gasteiger partial charge is 0.163 e. The van der Waals surface area contributed by atoms with Crippen LogP contribution >= 0.6 is 15.9 Å². The van der Waals surface area contributed by atoms with Crippen molar-refractivity contribution < 1.29 is 4.79 Å². The summed E-state index contributed by atoms with van der Waals surface area (Å²) in [7, 11) is 0. The van der Waals surface area contributed by atoms with Crippen LogP contribution in [0.15, 0.2) is 53.3 Å². The summed E-state index contributed by atoms with van der Waals surface area (Å²) in [5, 5.41) is 0. The molecule has 17 heavy (non-hydrogen) atoms. The third-order valence-electron chi connectivity index (χ3n) is 2.53. The lowest BCUT2D eigenvalue weighted by Crippen LogP contribution is -2.01. The molecule has 0 radical (unpaired) electrons. The fourth-order valence-corrected chi connectivity index (χ4v) is 1.99. The van der Waals surface area contributed by atoms with Gasteiger partial charge in [0.25, 0.3) is 0 Å². The number of halogens is 1. The SMILES string of the molecule is O=C(CCc1ccccc1)c1ccnc(Br)c1. The Balaban J connectivity index is 1.98. The Morgan fingerprint density at radius 3 is 2.65 bits per heavy atom. The van der Waals surface area contributed by atoms with Gasteiger partial charge >= 0.3 is 0 Å². The first-order valence-corrected chi connectivity index (χ1v) is 6.24. The minimum Gasteiger partial charge on any atom is -0.294 e. The molecule has 2 aromatic rings. The average molecular weight is 290 g/mol. The Bertz CT molecular complexity index is 511. The molecule has 0 saturated carbocycles. The Morgan fingerprint density at radius 2 is 1.94 bits per heavy atom. The van der Waals surface area contributed by atoms with Gasteiger partial charge in [0.2, 0.25) is 0 Å². The highest BCUT2D eigenvalue weighted by molar-refractivity contribution is 9.10. The summed E-state index contributed by atoms with van der Waals surface area (Å²) in [5.74, 6) is 0.150. The lowest BCUT2D eigenvalue weighted by Gasteiger charge is -2.02. The fourth-order valence-electron chi connectivity index (χ4n) is 1.62. The number of carbonyl (C=O) groups is 1. The van der Waals surface area contributed by atoms with Crippen LogP contribution in [-0.2, 0) is 6.42 Å². The second kappa shape index (κ2) is 5.73. The highest BCUT2D eigenvalue weighted by Crippen LogP contribution is 2.12. The van der Waals surface area contributed by atoms with Crippen LogP contribution in [0.3, 0.4) is 0 Å². The van der Waals surface area contributed by atoms with Crippen molar-refractivity contribution in [3.8, 4) is 0 Å². The van der Waals surface area contributed by atoms with Crippen LogP contribution in [0.1, 0.15) is 22.3 Å². The normalized spacial score (nSPS) is 10.2. The molecule has 0 N–H and O–H groups in total. The number of aryl methyl sites for hydroxylation is 1. The summed E-state index contributed by atoms with van der Waals surface area (Å²) in [6, 6.07) is 13.5. The molecule has 0 unspecified atom stereocenters. The van der Waals surface area contributed by atoms with Gasteiger partial charge in [0.1, 0.15) is 4.60 Å². The number of rotatable bonds is 4. The summed E-state index contributed by atoms with van der Waals surface area (Å²) in [6.07, 6.45) is 2.94. The van der Waals surface area contributed by atoms with E-state index in [4.69, 9.17) is 0 Å². The zero-order valence-electron chi connectivity index (χ0n) is 9.27. The van der Waals surface area contributed by atoms with E-state index >= 15 is 0 Å². The van der Waals surface area contributed by atoms with E-state index in [-0.39, 0.29) is 5.78 Å². The predicted octanol–water partition coefficient (Wildman–Crippen LogP) is 3.66. The van der Waals surface area contributed by atoms with Crippen molar-refractivity contribution in [3.63, 3.8) is 0 Å². The largest absolute Gasteiger partial charge is 0.294 e. The topological polar surface area (TPSA) is 30.0 Å². The van der Waals surface area contributed by atoms with E-state index in [0.717, 1.165) is 6.42 Å². The molecule has 0 aliphatic carbocycles. The van der Waals surface area contributed by atoms with E-state index in [2.05, 4.69) is 20.9 Å². The molecule has 1 heterocycles. The number of hydrogen-bond donors (Lipinski definition) is 0. The number of Topliss-reactive ketones (excluding diaryl/α,β-unsaturated/α-hetero) is 1. The lowest BCUT2D eigenvalue weighted by molar-refractivity contribution is 0.0982. The van der Waals surface area contributed by atoms with E-state index in [0.29, 0.717) is 16.6 Å². The highest BCUT2D eigenvalue weighted by Gasteiger charge is 2.06. The van der Waals surface area contributed by atoms with Crippen LogP contribution in [0.4, 0.5) is 0 Å². The van der Waals surface area contributed by atoms with Gasteiger partial charge in [-0.2, -0.15) is 0 Å². The summed E-state index contributed by atoms with van der Waals surface area (Å²) in [4.78, 5) is 15.9. The van der Waals surface area contributed by atoms with Crippen LogP contribution in [-0.4, -0.2) is 10.8 Å². The van der Waals surface area contributed by atoms with Crippen molar-refractivity contribution >= 4 is 21.7 Å². The van der Waals surface area contributed by atoms with Crippen molar-refractivity contribution in [1.82, 2.24) is 4.98 Å². The maximum absolute atomic E-state index is 11.9. The van der Waals surface area contributed by atoms with Gasteiger partial charge in [0, 0.05) is 18.2 Å². The molecule has 0 spiro atoms. The highest BCUT2D eigenvalue weighted by atomic mass is 79.9. The van der Waals surface area contributed by atoms with Crippen molar-refractivity contribution in [1.29, 1.82) is 0 Å². The molecule has 3 heteroatoms. The zero-order valence-corrected chi connectivity index (χ0v) is 10.9. The van der Waals surface area contributed by atoms with Crippen LogP contribution in [0.5, 0.6) is 0 Å². The molecule has 0 amide bonds. The van der Waals surface area contributed by atoms with Gasteiger partial charge in [-0.05, 0) is 40.0 Å². The molecule has 0 saturated heterocycles. The first kappa shape index (κ1) is 12.0.